The third-order valence-electron chi connectivity index (χ3n) is 18.7. The molecule has 0 spiro atoms. The Balaban J connectivity index is 0.957. The molecule has 0 bridgehead atoms. The minimum atomic E-state index is -0.0929. The highest BCUT2D eigenvalue weighted by Crippen LogP contribution is 2.50. The van der Waals surface area contributed by atoms with Crippen LogP contribution in [0.5, 0.6) is 0 Å². The Labute approximate surface area is 512 Å². The first-order valence-electron chi connectivity index (χ1n) is 30.9. The molecule has 0 N–H and O–H groups in total. The number of benzene rings is 11. The molecule has 2 aliphatic rings. The maximum absolute atomic E-state index is 6.44. The zero-order chi connectivity index (χ0) is 60.0. The number of anilines is 9. The highest BCUT2D eigenvalue weighted by atomic mass is 16.3. The van der Waals surface area contributed by atoms with Crippen LogP contribution in [0.25, 0.3) is 60.6 Å². The van der Waals surface area contributed by atoms with E-state index in [1.165, 1.54) is 100 Å². The van der Waals surface area contributed by atoms with Crippen LogP contribution in [0.3, 0.4) is 0 Å². The van der Waals surface area contributed by atoms with Gasteiger partial charge in [-0.15, -0.1) is 0 Å². The van der Waals surface area contributed by atoms with Crippen LogP contribution in [0.15, 0.2) is 229 Å². The molecule has 2 aliphatic heterocycles. The average molecular weight is 1130 g/mol. The first-order chi connectivity index (χ1) is 41.8. The van der Waals surface area contributed by atoms with Crippen molar-refractivity contribution in [1.82, 2.24) is 4.57 Å². The molecule has 15 rings (SSSR count). The van der Waals surface area contributed by atoms with E-state index in [-0.39, 0.29) is 23.0 Å². The fourth-order valence-corrected chi connectivity index (χ4v) is 14.2. The van der Waals surface area contributed by atoms with Crippen LogP contribution in [0, 0.1) is 20.8 Å². The Bertz CT molecular complexity index is 4890. The first kappa shape index (κ1) is 54.2. The predicted molar refractivity (Wildman–Crippen MR) is 373 cm³/mol. The molecular weight excluding hydrogens is 1060 g/mol. The smallest absolute Gasteiger partial charge is 0.252 e. The number of rotatable bonds is 7. The van der Waals surface area contributed by atoms with Gasteiger partial charge in [-0.25, -0.2) is 0 Å². The summed E-state index contributed by atoms with van der Waals surface area (Å²) in [6.45, 7) is 27.6. The molecule has 0 unspecified atom stereocenters. The quantitative estimate of drug-likeness (QED) is 0.149. The highest BCUT2D eigenvalue weighted by Gasteiger charge is 2.45. The van der Waals surface area contributed by atoms with Crippen LogP contribution in [0.4, 0.5) is 51.2 Å². The van der Waals surface area contributed by atoms with Crippen LogP contribution in [0.2, 0.25) is 0 Å². The summed E-state index contributed by atoms with van der Waals surface area (Å²) in [6.07, 6.45) is 0. The normalized spacial score (nSPS) is 13.2. The van der Waals surface area contributed by atoms with Gasteiger partial charge in [-0.2, -0.15) is 0 Å². The maximum atomic E-state index is 6.44. The fraction of sp³-hybridized carbons (Fsp3) is 0.185. The van der Waals surface area contributed by atoms with Gasteiger partial charge >= 0.3 is 0 Å². The van der Waals surface area contributed by atoms with E-state index in [4.69, 9.17) is 4.42 Å². The van der Waals surface area contributed by atoms with Crippen molar-refractivity contribution in [2.24, 2.45) is 0 Å². The third-order valence-corrected chi connectivity index (χ3v) is 18.7. The summed E-state index contributed by atoms with van der Waals surface area (Å²) in [5, 5.41) is 4.74. The van der Waals surface area contributed by atoms with Crippen molar-refractivity contribution in [2.45, 2.75) is 99.3 Å². The summed E-state index contributed by atoms with van der Waals surface area (Å²) in [4.78, 5) is 7.68. The Kier molecular flexibility index (Phi) is 12.3. The van der Waals surface area contributed by atoms with Crippen molar-refractivity contribution in [3.05, 3.63) is 258 Å². The fourth-order valence-electron chi connectivity index (χ4n) is 14.2. The molecule has 0 saturated carbocycles. The Morgan fingerprint density at radius 1 is 0.368 bits per heavy atom. The number of furan rings is 1. The van der Waals surface area contributed by atoms with E-state index in [2.05, 4.69) is 321 Å². The molecule has 0 radical (unpaired) electrons. The molecule has 0 saturated heterocycles. The van der Waals surface area contributed by atoms with Crippen molar-refractivity contribution in [2.75, 3.05) is 14.7 Å². The van der Waals surface area contributed by atoms with Gasteiger partial charge in [-0.3, -0.25) is 0 Å². The van der Waals surface area contributed by atoms with E-state index in [0.717, 1.165) is 61.5 Å². The van der Waals surface area contributed by atoms with Gasteiger partial charge in [0.25, 0.3) is 6.71 Å². The Morgan fingerprint density at radius 3 is 1.59 bits per heavy atom. The molecule has 5 nitrogen and oxygen atoms in total. The van der Waals surface area contributed by atoms with E-state index in [9.17, 15) is 0 Å². The summed E-state index contributed by atoms with van der Waals surface area (Å²) in [7, 11) is 0. The minimum Gasteiger partial charge on any atom is -0.456 e. The van der Waals surface area contributed by atoms with E-state index in [1.807, 2.05) is 6.07 Å². The highest BCUT2D eigenvalue weighted by molar-refractivity contribution is 7.00. The predicted octanol–water partition coefficient (Wildman–Crippen LogP) is 20.7. The van der Waals surface area contributed by atoms with Crippen LogP contribution >= 0.6 is 0 Å². The molecule has 87 heavy (non-hydrogen) atoms. The summed E-state index contributed by atoms with van der Waals surface area (Å²) in [5.41, 5.74) is 29.3. The zero-order valence-corrected chi connectivity index (χ0v) is 52.1. The van der Waals surface area contributed by atoms with Gasteiger partial charge in [-0.1, -0.05) is 172 Å². The molecule has 0 aliphatic carbocycles. The van der Waals surface area contributed by atoms with Crippen molar-refractivity contribution < 1.29 is 4.42 Å². The topological polar surface area (TPSA) is 27.8 Å². The summed E-state index contributed by atoms with van der Waals surface area (Å²) >= 11 is 0. The SMILES string of the molecule is Cc1cc2c3c(c1)N(c1c(C)cc(-c4ccc5c(c4)oc4ccccc45)cc1C)c1cc(C(C)(C)C)ccc1B3c1ccc(N(c3ccc(C(C)(C)C)cc3)c3ccc4c5ccccc5n(-c5ccccc5)c4c3)cc1N2c1ccc(C(C)(C)C)cc1. The maximum Gasteiger partial charge on any atom is 0.252 e. The standard InChI is InChI=1S/C81H73BN4O/c1-50-42-73-77-74(43-50)86(78-51(2)44-54(45-52(78)3)53-26-38-66-65-23-17-19-25-75(65)87-76(66)46-53)71-47-57(81(10,11)12)31-40-67(71)82(77)68-41-37-62(49-72(68)85(73)60-34-29-56(30-35-60)80(7,8)9)83(59-32-27-55(28-33-59)79(4,5)6)61-36-39-64-63-22-16-18-24-69(63)84(70(64)48-61)58-20-14-13-15-21-58/h13-49H,1-12H3. The van der Waals surface area contributed by atoms with Gasteiger partial charge < -0.3 is 23.7 Å². The third kappa shape index (κ3) is 8.89. The second kappa shape index (κ2) is 19.8. The molecule has 0 amide bonds. The largest absolute Gasteiger partial charge is 0.456 e. The van der Waals surface area contributed by atoms with Crippen LogP contribution in [-0.4, -0.2) is 11.3 Å². The van der Waals surface area contributed by atoms with Gasteiger partial charge in [0.05, 0.1) is 16.7 Å². The van der Waals surface area contributed by atoms with Crippen LogP contribution in [-0.2, 0) is 16.2 Å². The summed E-state index contributed by atoms with van der Waals surface area (Å²) in [6, 6.07) is 84.7. The number of fused-ring (bicyclic) bond motifs is 10. The number of aryl methyl sites for hydroxylation is 3. The molecule has 0 atom stereocenters. The average Bonchev–Trinajstić information content (AvgIpc) is 1.36. The lowest BCUT2D eigenvalue weighted by Gasteiger charge is -2.45. The summed E-state index contributed by atoms with van der Waals surface area (Å²) < 4.78 is 8.87. The van der Waals surface area contributed by atoms with E-state index in [1.54, 1.807) is 0 Å². The van der Waals surface area contributed by atoms with Crippen molar-refractivity contribution in [3.63, 3.8) is 0 Å². The van der Waals surface area contributed by atoms with Gasteiger partial charge in [0.1, 0.15) is 11.2 Å². The number of nitrogens with zero attached hydrogens (tertiary/aromatic N) is 4. The molecule has 426 valence electrons. The number of aromatic nitrogens is 1. The molecular formula is C81H73BN4O. The van der Waals surface area contributed by atoms with E-state index >= 15 is 0 Å². The number of para-hydroxylation sites is 3. The molecule has 11 aromatic carbocycles. The Morgan fingerprint density at radius 2 is 0.897 bits per heavy atom. The Hall–Kier alpha value is -9.52. The molecule has 2 aromatic heterocycles. The van der Waals surface area contributed by atoms with Gasteiger partial charge in [-0.05, 0) is 213 Å². The number of hydrogen-bond donors (Lipinski definition) is 0. The van der Waals surface area contributed by atoms with E-state index < -0.39 is 0 Å². The molecule has 6 heteroatoms. The minimum absolute atomic E-state index is 0.00914. The molecule has 0 fully saturated rings. The zero-order valence-electron chi connectivity index (χ0n) is 52.1. The van der Waals surface area contributed by atoms with Crippen LogP contribution in [0.1, 0.15) is 95.7 Å². The first-order valence-corrected chi connectivity index (χ1v) is 30.9. The van der Waals surface area contributed by atoms with Gasteiger partial charge in [0, 0.05) is 72.7 Å². The molecule has 13 aromatic rings. The van der Waals surface area contributed by atoms with Crippen molar-refractivity contribution >= 4 is 118 Å². The van der Waals surface area contributed by atoms with Gasteiger partial charge in [0.2, 0.25) is 0 Å². The van der Waals surface area contributed by atoms with Crippen molar-refractivity contribution in [3.8, 4) is 16.8 Å². The number of hydrogen-bond acceptors (Lipinski definition) is 4. The second-order valence-electron chi connectivity index (χ2n) is 27.7. The lowest BCUT2D eigenvalue weighted by atomic mass is 9.33. The van der Waals surface area contributed by atoms with Crippen LogP contribution < -0.4 is 31.1 Å². The van der Waals surface area contributed by atoms with E-state index in [0.29, 0.717) is 0 Å². The summed E-state index contributed by atoms with van der Waals surface area (Å²) in [5.74, 6) is 0. The molecule has 4 heterocycles. The van der Waals surface area contributed by atoms with Crippen molar-refractivity contribution in [1.29, 1.82) is 0 Å². The monoisotopic (exact) mass is 1130 g/mol. The lowest BCUT2D eigenvalue weighted by Crippen LogP contribution is -2.61. The van der Waals surface area contributed by atoms with Gasteiger partial charge in [0.15, 0.2) is 0 Å². The second-order valence-corrected chi connectivity index (χ2v) is 27.7. The lowest BCUT2D eigenvalue weighted by molar-refractivity contribution is 0.590.